The topological polar surface area (TPSA) is 94.2 Å². The van der Waals surface area contributed by atoms with E-state index in [2.05, 4.69) is 13.8 Å². The zero-order valence-corrected chi connectivity index (χ0v) is 20.3. The Morgan fingerprint density at radius 1 is 1.03 bits per heavy atom. The molecule has 4 rings (SSSR count). The number of nitrogens with two attached hydrogens (primary N) is 1. The van der Waals surface area contributed by atoms with Crippen LogP contribution in [0.5, 0.6) is 0 Å². The number of ether oxygens (including phenoxy) is 3. The summed E-state index contributed by atoms with van der Waals surface area (Å²) in [6, 6.07) is 19.1. The average Bonchev–Trinajstić information content (AvgIpc) is 2.78. The van der Waals surface area contributed by atoms with Gasteiger partial charge in [0.15, 0.2) is 5.79 Å². The molecule has 0 saturated carbocycles. The normalized spacial score (nSPS) is 30.5. The molecule has 6 nitrogen and oxygen atoms in total. The molecular formula is C25H35NO5Si. The molecule has 0 aliphatic carbocycles. The van der Waals surface area contributed by atoms with Gasteiger partial charge in [0.25, 0.3) is 8.32 Å². The highest BCUT2D eigenvalue weighted by Crippen LogP contribution is 2.43. The summed E-state index contributed by atoms with van der Waals surface area (Å²) in [6.07, 6.45) is -1.76. The molecule has 2 aliphatic heterocycles. The highest BCUT2D eigenvalue weighted by molar-refractivity contribution is 6.98. The van der Waals surface area contributed by atoms with Gasteiger partial charge in [0, 0.05) is 0 Å². The first-order valence-electron chi connectivity index (χ1n) is 11.3. The van der Waals surface area contributed by atoms with Crippen LogP contribution >= 0.6 is 0 Å². The molecule has 2 aliphatic rings. The Kier molecular flexibility index (Phi) is 6.37. The predicted octanol–water partition coefficient (Wildman–Crippen LogP) is 1.52. The summed E-state index contributed by atoms with van der Waals surface area (Å²) in [7, 11) is -3.21. The van der Waals surface area contributed by atoms with Crippen LogP contribution < -0.4 is 16.1 Å². The largest absolute Gasteiger partial charge is 0.424 e. The number of hydrogen-bond donors (Lipinski definition) is 3. The molecule has 174 valence electrons. The van der Waals surface area contributed by atoms with Crippen molar-refractivity contribution in [2.24, 2.45) is 5.73 Å². The van der Waals surface area contributed by atoms with Gasteiger partial charge in [-0.1, -0.05) is 74.5 Å². The molecule has 5 atom stereocenters. The Morgan fingerprint density at radius 3 is 2.09 bits per heavy atom. The molecule has 3 unspecified atom stereocenters. The van der Waals surface area contributed by atoms with E-state index in [1.54, 1.807) is 0 Å². The van der Waals surface area contributed by atoms with Crippen molar-refractivity contribution in [1.82, 2.24) is 0 Å². The van der Waals surface area contributed by atoms with Crippen LogP contribution in [-0.2, 0) is 14.2 Å². The summed E-state index contributed by atoms with van der Waals surface area (Å²) in [5, 5.41) is 12.3. The third-order valence-electron chi connectivity index (χ3n) is 6.97. The number of benzene rings is 2. The van der Waals surface area contributed by atoms with E-state index in [9.17, 15) is 9.90 Å². The van der Waals surface area contributed by atoms with Crippen molar-refractivity contribution in [3.8, 4) is 0 Å². The molecule has 2 heterocycles. The van der Waals surface area contributed by atoms with Crippen molar-refractivity contribution in [2.45, 2.75) is 75.4 Å². The van der Waals surface area contributed by atoms with E-state index in [4.69, 9.17) is 19.9 Å². The number of hydrogen-bond acceptors (Lipinski definition) is 6. The van der Waals surface area contributed by atoms with E-state index >= 15 is 0 Å². The van der Waals surface area contributed by atoms with Gasteiger partial charge in [-0.25, -0.2) is 0 Å². The summed E-state index contributed by atoms with van der Waals surface area (Å²) in [4.78, 5) is 12.4. The number of aliphatic hydroxyl groups excluding tert-OH is 1. The summed E-state index contributed by atoms with van der Waals surface area (Å²) in [5.74, 6) is -0.787. The molecule has 2 aromatic carbocycles. The minimum absolute atomic E-state index is 0.331. The number of fused-ring (bicyclic) bond motifs is 1. The van der Waals surface area contributed by atoms with Crippen LogP contribution in [0.4, 0.5) is 0 Å². The highest BCUT2D eigenvalue weighted by atomic mass is 28.4. The second-order valence-corrected chi connectivity index (χ2v) is 14.0. The first-order chi connectivity index (χ1) is 15.1. The number of aliphatic hydroxyl groups is 1. The quantitative estimate of drug-likeness (QED) is 0.590. The summed E-state index contributed by atoms with van der Waals surface area (Å²) >= 11 is 0. The molecule has 0 amide bonds. The molecule has 7 heteroatoms. The lowest BCUT2D eigenvalue weighted by atomic mass is 9.88. The van der Waals surface area contributed by atoms with Crippen molar-refractivity contribution < 1.29 is 24.1 Å². The van der Waals surface area contributed by atoms with E-state index < -0.39 is 49.6 Å². The van der Waals surface area contributed by atoms with E-state index in [0.29, 0.717) is 13.0 Å². The van der Waals surface area contributed by atoms with Gasteiger partial charge in [-0.2, -0.15) is 0 Å². The first-order valence-corrected chi connectivity index (χ1v) is 13.2. The maximum Gasteiger partial charge on any atom is 0.258 e. The predicted molar refractivity (Wildman–Crippen MR) is 126 cm³/mol. The second-order valence-electron chi connectivity index (χ2n) is 10.1. The minimum Gasteiger partial charge on any atom is -0.424 e. The van der Waals surface area contributed by atoms with Crippen molar-refractivity contribution in [3.63, 3.8) is 0 Å². The van der Waals surface area contributed by atoms with Gasteiger partial charge in [0.05, 0.1) is 18.8 Å². The fourth-order valence-electron chi connectivity index (χ4n) is 5.12. The molecule has 0 radical (unpaired) electrons. The van der Waals surface area contributed by atoms with Crippen LogP contribution in [0.15, 0.2) is 60.7 Å². The molecule has 0 aromatic heterocycles. The maximum atomic E-state index is 12.4. The van der Waals surface area contributed by atoms with Crippen LogP contribution in [0.2, 0.25) is 5.04 Å². The Morgan fingerprint density at radius 2 is 1.56 bits per heavy atom. The van der Waals surface area contributed by atoms with E-state index in [-0.39, 0.29) is 0 Å². The summed E-state index contributed by atoms with van der Waals surface area (Å²) < 4.78 is 18.0. The third-order valence-corrected chi connectivity index (χ3v) is 11.5. The third kappa shape index (κ3) is 4.19. The maximum absolute atomic E-state index is 12.4. The minimum atomic E-state index is -3.21. The lowest BCUT2D eigenvalue weighted by molar-refractivity contribution is -0.347. The van der Waals surface area contributed by atoms with Crippen LogP contribution in [0.25, 0.3) is 0 Å². The van der Waals surface area contributed by atoms with Crippen LogP contribution in [0, 0.1) is 0 Å². The molecule has 0 bridgehead atoms. The van der Waals surface area contributed by atoms with Gasteiger partial charge in [-0.15, -0.1) is 0 Å². The monoisotopic (exact) mass is 457 g/mol. The van der Waals surface area contributed by atoms with Crippen molar-refractivity contribution in [1.29, 1.82) is 0 Å². The van der Waals surface area contributed by atoms with Gasteiger partial charge in [0.2, 0.25) is 0 Å². The average molecular weight is 458 g/mol. The highest BCUT2D eigenvalue weighted by Gasteiger charge is 2.55. The molecule has 2 aromatic rings. The SMILES string of the molecule is CC1(C)OCC2O[C@@H](CC(C)(C)[Si](O)(c3ccccc3)c3ccccc3)C(N)C(O)[C@@H]2O1. The summed E-state index contributed by atoms with van der Waals surface area (Å²) in [6.45, 7) is 8.12. The molecule has 32 heavy (non-hydrogen) atoms. The molecular weight excluding hydrogens is 422 g/mol. The van der Waals surface area contributed by atoms with E-state index in [1.165, 1.54) is 0 Å². The molecule has 2 fully saturated rings. The lowest BCUT2D eigenvalue weighted by Gasteiger charge is -2.51. The molecule has 0 spiro atoms. The zero-order valence-electron chi connectivity index (χ0n) is 19.3. The Hall–Kier alpha value is -1.58. The fraction of sp³-hybridized carbons (Fsp3) is 0.520. The Balaban J connectivity index is 1.65. The van der Waals surface area contributed by atoms with Gasteiger partial charge in [-0.05, 0) is 35.7 Å². The van der Waals surface area contributed by atoms with Crippen LogP contribution in [-0.4, -0.2) is 61.1 Å². The van der Waals surface area contributed by atoms with Gasteiger partial charge in [0.1, 0.15) is 18.3 Å². The van der Waals surface area contributed by atoms with Gasteiger partial charge in [-0.3, -0.25) is 0 Å². The van der Waals surface area contributed by atoms with Crippen molar-refractivity contribution in [2.75, 3.05) is 6.61 Å². The molecule has 2 saturated heterocycles. The summed E-state index contributed by atoms with van der Waals surface area (Å²) in [5.41, 5.74) is 6.48. The van der Waals surface area contributed by atoms with Crippen molar-refractivity contribution >= 4 is 18.7 Å². The van der Waals surface area contributed by atoms with Crippen LogP contribution in [0.3, 0.4) is 0 Å². The van der Waals surface area contributed by atoms with Crippen LogP contribution in [0.1, 0.15) is 34.1 Å². The number of rotatable bonds is 5. The zero-order chi connectivity index (χ0) is 23.1. The van der Waals surface area contributed by atoms with Gasteiger partial charge >= 0.3 is 0 Å². The lowest BCUT2D eigenvalue weighted by Crippen LogP contribution is -2.69. The first kappa shape index (κ1) is 23.6. The Bertz CT molecular complexity index is 866. The van der Waals surface area contributed by atoms with E-state index in [0.717, 1.165) is 10.4 Å². The molecule has 4 N–H and O–H groups in total. The van der Waals surface area contributed by atoms with Gasteiger partial charge < -0.3 is 29.8 Å². The van der Waals surface area contributed by atoms with Crippen molar-refractivity contribution in [3.05, 3.63) is 60.7 Å². The second kappa shape index (κ2) is 8.65. The van der Waals surface area contributed by atoms with E-state index in [1.807, 2.05) is 74.5 Å². The fourth-order valence-corrected chi connectivity index (χ4v) is 8.86. The Labute approximate surface area is 191 Å². The standard InChI is InChI=1S/C25H35NO5Si/c1-24(2,32(28,17-11-7-5-8-12-17)18-13-9-6-10-14-18)15-19-21(26)22(27)23-20(30-19)16-29-25(3,4)31-23/h5-14,19-23,27-28H,15-16,26H2,1-4H3/t19-,20?,21?,22?,23+/m0/s1. The smallest absolute Gasteiger partial charge is 0.258 e.